The number of fused-ring (bicyclic) bond motifs is 1. The van der Waals surface area contributed by atoms with Gasteiger partial charge in [-0.05, 0) is 12.0 Å². The Hall–Kier alpha value is -1.48. The van der Waals surface area contributed by atoms with Crippen LogP contribution in [0.15, 0.2) is 30.5 Å². The third-order valence-corrected chi connectivity index (χ3v) is 3.63. The zero-order valence-corrected chi connectivity index (χ0v) is 11.4. The smallest absolute Gasteiger partial charge is 0.0600 e. The molecular weight excluding hydrogens is 224 g/mol. The van der Waals surface area contributed by atoms with Gasteiger partial charge in [0.05, 0.1) is 5.69 Å². The Labute approximate surface area is 108 Å². The van der Waals surface area contributed by atoms with Crippen LogP contribution in [0.3, 0.4) is 0 Å². The van der Waals surface area contributed by atoms with Crippen LogP contribution in [0.2, 0.25) is 0 Å². The van der Waals surface area contributed by atoms with E-state index in [2.05, 4.69) is 61.2 Å². The van der Waals surface area contributed by atoms with Gasteiger partial charge in [0, 0.05) is 43.2 Å². The van der Waals surface area contributed by atoms with E-state index in [0.29, 0.717) is 11.8 Å². The van der Waals surface area contributed by atoms with Crippen molar-refractivity contribution in [2.75, 3.05) is 18.5 Å². The standard InChI is InChI=1S/C15H22N2O/c1-11(2)12(10-18)8-16-14-9-17(3)15-7-5-4-6-13(14)15/h4-7,9,11-12,16,18H,8,10H2,1-3H3. The first kappa shape index (κ1) is 13.0. The molecule has 0 saturated carbocycles. The molecule has 1 heterocycles. The molecule has 1 aromatic carbocycles. The molecule has 2 N–H and O–H groups in total. The fraction of sp³-hybridized carbons (Fsp3) is 0.467. The van der Waals surface area contributed by atoms with Gasteiger partial charge in [0.15, 0.2) is 0 Å². The van der Waals surface area contributed by atoms with Crippen molar-refractivity contribution in [3.63, 3.8) is 0 Å². The lowest BCUT2D eigenvalue weighted by atomic mass is 9.97. The second kappa shape index (κ2) is 5.44. The van der Waals surface area contributed by atoms with Crippen molar-refractivity contribution >= 4 is 16.6 Å². The fourth-order valence-corrected chi connectivity index (χ4v) is 2.23. The molecule has 0 aliphatic carbocycles. The predicted molar refractivity (Wildman–Crippen MR) is 76.8 cm³/mol. The summed E-state index contributed by atoms with van der Waals surface area (Å²) in [4.78, 5) is 0. The molecule has 0 aliphatic rings. The summed E-state index contributed by atoms with van der Waals surface area (Å²) in [5.41, 5.74) is 2.37. The molecule has 98 valence electrons. The van der Waals surface area contributed by atoms with Crippen molar-refractivity contribution < 1.29 is 5.11 Å². The molecule has 3 heteroatoms. The Morgan fingerprint density at radius 1 is 1.28 bits per heavy atom. The summed E-state index contributed by atoms with van der Waals surface area (Å²) in [7, 11) is 2.06. The topological polar surface area (TPSA) is 37.2 Å². The van der Waals surface area contributed by atoms with E-state index in [-0.39, 0.29) is 6.61 Å². The number of aliphatic hydroxyl groups excluding tert-OH is 1. The van der Waals surface area contributed by atoms with Crippen LogP contribution >= 0.6 is 0 Å². The van der Waals surface area contributed by atoms with Crippen molar-refractivity contribution in [3.8, 4) is 0 Å². The molecule has 1 aromatic heterocycles. The summed E-state index contributed by atoms with van der Waals surface area (Å²) >= 11 is 0. The molecule has 0 amide bonds. The largest absolute Gasteiger partial charge is 0.396 e. The van der Waals surface area contributed by atoms with Crippen LogP contribution in [0, 0.1) is 11.8 Å². The SMILES string of the molecule is CC(C)C(CO)CNc1cn(C)c2ccccc12. The summed E-state index contributed by atoms with van der Waals surface area (Å²) in [5.74, 6) is 0.779. The molecule has 0 bridgehead atoms. The number of para-hydroxylation sites is 1. The van der Waals surface area contributed by atoms with E-state index in [9.17, 15) is 5.11 Å². The lowest BCUT2D eigenvalue weighted by molar-refractivity contribution is 0.198. The summed E-state index contributed by atoms with van der Waals surface area (Å²) < 4.78 is 2.13. The minimum absolute atomic E-state index is 0.232. The zero-order chi connectivity index (χ0) is 13.1. The average molecular weight is 246 g/mol. The van der Waals surface area contributed by atoms with Gasteiger partial charge in [0.2, 0.25) is 0 Å². The fourth-order valence-electron chi connectivity index (χ4n) is 2.23. The number of aliphatic hydroxyl groups is 1. The minimum Gasteiger partial charge on any atom is -0.396 e. The Morgan fingerprint density at radius 3 is 2.67 bits per heavy atom. The first-order valence-electron chi connectivity index (χ1n) is 6.52. The van der Waals surface area contributed by atoms with Gasteiger partial charge in [-0.15, -0.1) is 0 Å². The molecule has 1 unspecified atom stereocenters. The number of benzene rings is 1. The van der Waals surface area contributed by atoms with Crippen LogP contribution in [0.5, 0.6) is 0 Å². The van der Waals surface area contributed by atoms with E-state index in [0.717, 1.165) is 12.2 Å². The van der Waals surface area contributed by atoms with Gasteiger partial charge in [-0.1, -0.05) is 32.0 Å². The number of anilines is 1. The van der Waals surface area contributed by atoms with E-state index in [1.54, 1.807) is 0 Å². The summed E-state index contributed by atoms with van der Waals surface area (Å²) in [6.45, 7) is 5.33. The second-order valence-electron chi connectivity index (χ2n) is 5.24. The van der Waals surface area contributed by atoms with Gasteiger partial charge < -0.3 is 15.0 Å². The van der Waals surface area contributed by atoms with Gasteiger partial charge in [0.1, 0.15) is 0 Å². The molecule has 0 spiro atoms. The third-order valence-electron chi connectivity index (χ3n) is 3.63. The van der Waals surface area contributed by atoms with Crippen molar-refractivity contribution in [2.24, 2.45) is 18.9 Å². The lowest BCUT2D eigenvalue weighted by Crippen LogP contribution is -2.22. The maximum Gasteiger partial charge on any atom is 0.0600 e. The summed E-state index contributed by atoms with van der Waals surface area (Å²) in [6, 6.07) is 8.35. The van der Waals surface area contributed by atoms with E-state index in [1.807, 2.05) is 0 Å². The van der Waals surface area contributed by atoms with Crippen LogP contribution in [0.1, 0.15) is 13.8 Å². The molecule has 0 saturated heterocycles. The van der Waals surface area contributed by atoms with E-state index >= 15 is 0 Å². The molecular formula is C15H22N2O. The quantitative estimate of drug-likeness (QED) is 0.851. The number of nitrogens with one attached hydrogen (secondary N) is 1. The molecule has 0 radical (unpaired) electrons. The molecule has 2 rings (SSSR count). The monoisotopic (exact) mass is 246 g/mol. The highest BCUT2D eigenvalue weighted by Gasteiger charge is 2.13. The highest BCUT2D eigenvalue weighted by molar-refractivity contribution is 5.92. The van der Waals surface area contributed by atoms with Crippen molar-refractivity contribution in [1.29, 1.82) is 0 Å². The Kier molecular flexibility index (Phi) is 3.92. The van der Waals surface area contributed by atoms with Crippen LogP contribution in [-0.2, 0) is 7.05 Å². The molecule has 18 heavy (non-hydrogen) atoms. The lowest BCUT2D eigenvalue weighted by Gasteiger charge is -2.18. The minimum atomic E-state index is 0.232. The van der Waals surface area contributed by atoms with Crippen LogP contribution < -0.4 is 5.32 Å². The van der Waals surface area contributed by atoms with Crippen LogP contribution in [-0.4, -0.2) is 22.8 Å². The van der Waals surface area contributed by atoms with Crippen LogP contribution in [0.25, 0.3) is 10.9 Å². The first-order valence-corrected chi connectivity index (χ1v) is 6.52. The Morgan fingerprint density at radius 2 is 2.00 bits per heavy atom. The number of aromatic nitrogens is 1. The molecule has 0 fully saturated rings. The van der Waals surface area contributed by atoms with Gasteiger partial charge in [-0.3, -0.25) is 0 Å². The van der Waals surface area contributed by atoms with Gasteiger partial charge in [-0.25, -0.2) is 0 Å². The van der Waals surface area contributed by atoms with Crippen molar-refractivity contribution in [1.82, 2.24) is 4.57 Å². The normalized spacial score (nSPS) is 13.2. The van der Waals surface area contributed by atoms with Gasteiger partial charge in [0.25, 0.3) is 0 Å². The zero-order valence-electron chi connectivity index (χ0n) is 11.4. The maximum atomic E-state index is 9.35. The molecule has 3 nitrogen and oxygen atoms in total. The molecule has 1 atom stereocenters. The number of hydrogen-bond donors (Lipinski definition) is 2. The highest BCUT2D eigenvalue weighted by atomic mass is 16.3. The third kappa shape index (κ3) is 2.51. The van der Waals surface area contributed by atoms with E-state index in [1.165, 1.54) is 10.9 Å². The van der Waals surface area contributed by atoms with Crippen molar-refractivity contribution in [2.45, 2.75) is 13.8 Å². The highest BCUT2D eigenvalue weighted by Crippen LogP contribution is 2.25. The summed E-state index contributed by atoms with van der Waals surface area (Å²) in [6.07, 6.45) is 2.11. The molecule has 0 aliphatic heterocycles. The van der Waals surface area contributed by atoms with E-state index in [4.69, 9.17) is 0 Å². The van der Waals surface area contributed by atoms with Gasteiger partial charge in [-0.2, -0.15) is 0 Å². The van der Waals surface area contributed by atoms with E-state index < -0.39 is 0 Å². The van der Waals surface area contributed by atoms with Gasteiger partial charge >= 0.3 is 0 Å². The number of aryl methyl sites for hydroxylation is 1. The Balaban J connectivity index is 2.17. The second-order valence-corrected chi connectivity index (χ2v) is 5.24. The van der Waals surface area contributed by atoms with Crippen molar-refractivity contribution in [3.05, 3.63) is 30.5 Å². The number of nitrogens with zero attached hydrogens (tertiary/aromatic N) is 1. The Bertz CT molecular complexity index is 516. The van der Waals surface area contributed by atoms with Crippen LogP contribution in [0.4, 0.5) is 5.69 Å². The maximum absolute atomic E-state index is 9.35. The summed E-state index contributed by atoms with van der Waals surface area (Å²) in [5, 5.41) is 14.0. The first-order chi connectivity index (χ1) is 8.63. The molecule has 2 aromatic rings. The average Bonchev–Trinajstić information content (AvgIpc) is 2.68. The number of hydrogen-bond acceptors (Lipinski definition) is 2. The number of rotatable bonds is 5. The predicted octanol–water partition coefficient (Wildman–Crippen LogP) is 2.85.